The number of hydrogen-bond acceptors (Lipinski definition) is 5. The number of ether oxygens (including phenoxy) is 3. The summed E-state index contributed by atoms with van der Waals surface area (Å²) in [5.41, 5.74) is 1.29. The second kappa shape index (κ2) is 7.71. The number of carbonyl (C=O) groups excluding carboxylic acids is 1. The average molecular weight is 424 g/mol. The maximum atomic E-state index is 13.6. The van der Waals surface area contributed by atoms with Crippen LogP contribution in [0.4, 0.5) is 0 Å². The van der Waals surface area contributed by atoms with Crippen LogP contribution >= 0.6 is 0 Å². The first-order valence-electron chi connectivity index (χ1n) is 11.0. The number of carbonyl (C=O) groups is 1. The number of likely N-dealkylation sites (tertiary alicyclic amines) is 1. The van der Waals surface area contributed by atoms with Gasteiger partial charge in [-0.15, -0.1) is 0 Å². The van der Waals surface area contributed by atoms with Crippen LogP contribution < -0.4 is 15.0 Å². The second-order valence-electron chi connectivity index (χ2n) is 8.90. The number of pyridine rings is 1. The standard InChI is InChI=1S/C24H28N2O5/c1-16-8-12-26(17-6-7-18-19(13-17)31-15-30-18)23(28)21(16)22(27)25-11-4-10-24(14-25)9-3-5-20(24)29-2/h6-8,12-13,20H,3-5,9-11,14-15H2,1-2H3/t20-,24+/m1/s1. The zero-order valence-corrected chi connectivity index (χ0v) is 18.1. The van der Waals surface area contributed by atoms with Gasteiger partial charge in [0.2, 0.25) is 6.79 Å². The fourth-order valence-corrected chi connectivity index (χ4v) is 5.56. The van der Waals surface area contributed by atoms with Crippen LogP contribution in [0.2, 0.25) is 0 Å². The van der Waals surface area contributed by atoms with Crippen molar-refractivity contribution in [1.29, 1.82) is 0 Å². The van der Waals surface area contributed by atoms with Gasteiger partial charge in [-0.3, -0.25) is 14.2 Å². The molecule has 164 valence electrons. The van der Waals surface area contributed by atoms with E-state index in [1.165, 1.54) is 4.57 Å². The first-order valence-corrected chi connectivity index (χ1v) is 11.0. The van der Waals surface area contributed by atoms with Crippen LogP contribution in [0.5, 0.6) is 11.5 Å². The number of amides is 1. The number of piperidine rings is 1. The van der Waals surface area contributed by atoms with E-state index in [2.05, 4.69) is 0 Å². The number of aromatic nitrogens is 1. The summed E-state index contributed by atoms with van der Waals surface area (Å²) >= 11 is 0. The Morgan fingerprint density at radius 2 is 1.97 bits per heavy atom. The molecule has 1 saturated heterocycles. The fourth-order valence-electron chi connectivity index (χ4n) is 5.56. The Morgan fingerprint density at radius 1 is 1.16 bits per heavy atom. The summed E-state index contributed by atoms with van der Waals surface area (Å²) in [5, 5.41) is 0. The highest BCUT2D eigenvalue weighted by Crippen LogP contribution is 2.46. The van der Waals surface area contributed by atoms with Gasteiger partial charge in [0.05, 0.1) is 11.8 Å². The van der Waals surface area contributed by atoms with E-state index >= 15 is 0 Å². The lowest BCUT2D eigenvalue weighted by Gasteiger charge is -2.43. The second-order valence-corrected chi connectivity index (χ2v) is 8.90. The molecule has 31 heavy (non-hydrogen) atoms. The largest absolute Gasteiger partial charge is 0.454 e. The number of methoxy groups -OCH3 is 1. The molecule has 3 heterocycles. The monoisotopic (exact) mass is 424 g/mol. The van der Waals surface area contributed by atoms with Crippen LogP contribution in [0.3, 0.4) is 0 Å². The molecule has 0 N–H and O–H groups in total. The van der Waals surface area contributed by atoms with E-state index in [0.29, 0.717) is 35.8 Å². The Bertz CT molecular complexity index is 1080. The van der Waals surface area contributed by atoms with Crippen molar-refractivity contribution in [2.45, 2.75) is 45.1 Å². The molecule has 1 aromatic carbocycles. The number of fused-ring (bicyclic) bond motifs is 1. The molecular formula is C24H28N2O5. The van der Waals surface area contributed by atoms with Crippen molar-refractivity contribution in [2.24, 2.45) is 5.41 Å². The Hall–Kier alpha value is -2.80. The van der Waals surface area contributed by atoms with E-state index in [-0.39, 0.29) is 35.3 Å². The summed E-state index contributed by atoms with van der Waals surface area (Å²) in [7, 11) is 1.77. The van der Waals surface area contributed by atoms with Crippen molar-refractivity contribution < 1.29 is 19.0 Å². The van der Waals surface area contributed by atoms with E-state index in [0.717, 1.165) is 32.1 Å². The van der Waals surface area contributed by atoms with Gasteiger partial charge in [0.25, 0.3) is 11.5 Å². The van der Waals surface area contributed by atoms with Gasteiger partial charge in [0, 0.05) is 37.9 Å². The summed E-state index contributed by atoms with van der Waals surface area (Å²) in [5.74, 6) is 1.07. The average Bonchev–Trinajstić information content (AvgIpc) is 3.40. The third-order valence-electron chi connectivity index (χ3n) is 7.15. The van der Waals surface area contributed by atoms with Crippen molar-refractivity contribution >= 4 is 5.91 Å². The van der Waals surface area contributed by atoms with Gasteiger partial charge in [-0.2, -0.15) is 0 Å². The third-order valence-corrected chi connectivity index (χ3v) is 7.15. The Labute approximate surface area is 181 Å². The summed E-state index contributed by atoms with van der Waals surface area (Å²) in [4.78, 5) is 28.9. The molecular weight excluding hydrogens is 396 g/mol. The Morgan fingerprint density at radius 3 is 2.81 bits per heavy atom. The molecule has 0 unspecified atom stereocenters. The summed E-state index contributed by atoms with van der Waals surface area (Å²) in [6, 6.07) is 7.18. The molecule has 7 nitrogen and oxygen atoms in total. The molecule has 2 aliphatic heterocycles. The number of nitrogens with zero attached hydrogens (tertiary/aromatic N) is 2. The number of rotatable bonds is 3. The highest BCUT2D eigenvalue weighted by Gasteiger charge is 2.47. The van der Waals surface area contributed by atoms with E-state index in [1.54, 1.807) is 31.5 Å². The van der Waals surface area contributed by atoms with Crippen molar-refractivity contribution in [3.8, 4) is 17.2 Å². The fraction of sp³-hybridized carbons (Fsp3) is 0.500. The molecule has 1 amide bonds. The van der Waals surface area contributed by atoms with Gasteiger partial charge in [-0.25, -0.2) is 0 Å². The highest BCUT2D eigenvalue weighted by atomic mass is 16.7. The minimum Gasteiger partial charge on any atom is -0.454 e. The number of benzene rings is 1. The van der Waals surface area contributed by atoms with Gasteiger partial charge in [-0.05, 0) is 56.4 Å². The molecule has 3 aliphatic rings. The zero-order valence-electron chi connectivity index (χ0n) is 18.1. The number of hydrogen-bond donors (Lipinski definition) is 0. The Balaban J connectivity index is 1.48. The first-order chi connectivity index (χ1) is 15.0. The summed E-state index contributed by atoms with van der Waals surface area (Å²) < 4.78 is 18.1. The minimum absolute atomic E-state index is 0.0156. The minimum atomic E-state index is -0.307. The van der Waals surface area contributed by atoms with Crippen molar-refractivity contribution in [2.75, 3.05) is 27.0 Å². The normalized spacial score (nSPS) is 24.7. The van der Waals surface area contributed by atoms with E-state index in [1.807, 2.05) is 17.9 Å². The van der Waals surface area contributed by atoms with Gasteiger partial charge in [0.15, 0.2) is 11.5 Å². The predicted octanol–water partition coefficient (Wildman–Crippen LogP) is 3.30. The van der Waals surface area contributed by atoms with E-state index in [4.69, 9.17) is 14.2 Å². The van der Waals surface area contributed by atoms with Crippen molar-refractivity contribution in [3.05, 3.63) is 51.9 Å². The molecule has 0 radical (unpaired) electrons. The molecule has 1 aromatic heterocycles. The van der Waals surface area contributed by atoms with Crippen molar-refractivity contribution in [1.82, 2.24) is 9.47 Å². The van der Waals surface area contributed by atoms with Gasteiger partial charge < -0.3 is 19.1 Å². The van der Waals surface area contributed by atoms with E-state index in [9.17, 15) is 9.59 Å². The van der Waals surface area contributed by atoms with Crippen LogP contribution in [0, 0.1) is 12.3 Å². The molecule has 2 fully saturated rings. The van der Waals surface area contributed by atoms with Crippen LogP contribution in [-0.4, -0.2) is 48.5 Å². The SMILES string of the molecule is CO[C@@H]1CCC[C@@]12CCCN(C(=O)c1c(C)ccn(-c3ccc4c(c3)OCO4)c1=O)C2. The quantitative estimate of drug-likeness (QED) is 0.756. The maximum Gasteiger partial charge on any atom is 0.268 e. The summed E-state index contributed by atoms with van der Waals surface area (Å²) in [6.07, 6.45) is 7.15. The predicted molar refractivity (Wildman–Crippen MR) is 115 cm³/mol. The third kappa shape index (κ3) is 3.31. The molecule has 0 bridgehead atoms. The topological polar surface area (TPSA) is 70.0 Å². The lowest BCUT2D eigenvalue weighted by molar-refractivity contribution is -0.0296. The van der Waals surface area contributed by atoms with Crippen LogP contribution in [0.25, 0.3) is 5.69 Å². The molecule has 1 aliphatic carbocycles. The maximum absolute atomic E-state index is 13.6. The molecule has 2 aromatic rings. The molecule has 5 rings (SSSR count). The van der Waals surface area contributed by atoms with E-state index < -0.39 is 0 Å². The highest BCUT2D eigenvalue weighted by molar-refractivity contribution is 5.95. The molecule has 1 saturated carbocycles. The van der Waals surface area contributed by atoms with Crippen molar-refractivity contribution in [3.63, 3.8) is 0 Å². The van der Waals surface area contributed by atoms with Crippen LogP contribution in [-0.2, 0) is 4.74 Å². The molecule has 2 atom stereocenters. The lowest BCUT2D eigenvalue weighted by Crippen LogP contribution is -2.51. The molecule has 1 spiro atoms. The van der Waals surface area contributed by atoms with Crippen LogP contribution in [0.1, 0.15) is 48.0 Å². The van der Waals surface area contributed by atoms with Crippen LogP contribution in [0.15, 0.2) is 35.3 Å². The smallest absolute Gasteiger partial charge is 0.268 e. The number of aryl methyl sites for hydroxylation is 1. The zero-order chi connectivity index (χ0) is 21.6. The van der Waals surface area contributed by atoms with Gasteiger partial charge in [0.1, 0.15) is 5.56 Å². The Kier molecular flexibility index (Phi) is 5.01. The van der Waals surface area contributed by atoms with Gasteiger partial charge >= 0.3 is 0 Å². The molecule has 7 heteroatoms. The first kappa shape index (κ1) is 20.1. The van der Waals surface area contributed by atoms with Gasteiger partial charge in [-0.1, -0.05) is 6.42 Å². The lowest BCUT2D eigenvalue weighted by atomic mass is 9.76. The summed E-state index contributed by atoms with van der Waals surface area (Å²) in [6.45, 7) is 3.33.